The molecule has 2 N–H and O–H groups in total. The maximum Gasteiger partial charge on any atom is 0.203 e. The molecule has 0 unspecified atom stereocenters. The van der Waals surface area contributed by atoms with Crippen LogP contribution in [0.5, 0.6) is 17.2 Å². The molecule has 0 heterocycles. The number of methoxy groups -OCH3 is 2. The fraction of sp³-hybridized carbons (Fsp3) is 0.538. The highest BCUT2D eigenvalue weighted by atomic mass is 16.5. The minimum atomic E-state index is -0.0775. The third-order valence-electron chi connectivity index (χ3n) is 2.54. The molecule has 0 radical (unpaired) electrons. The first kappa shape index (κ1) is 13.6. The molecule has 17 heavy (non-hydrogen) atoms. The van der Waals surface area contributed by atoms with E-state index in [4.69, 9.17) is 19.9 Å². The highest BCUT2D eigenvalue weighted by molar-refractivity contribution is 5.51. The Morgan fingerprint density at radius 1 is 1.12 bits per heavy atom. The van der Waals surface area contributed by atoms with Crippen LogP contribution in [0.15, 0.2) is 18.2 Å². The number of para-hydroxylation sites is 1. The summed E-state index contributed by atoms with van der Waals surface area (Å²) in [5.74, 6) is 1.95. The summed E-state index contributed by atoms with van der Waals surface area (Å²) in [5.41, 5.74) is 5.59. The number of nitrogens with two attached hydrogens (primary N) is 1. The van der Waals surface area contributed by atoms with Gasteiger partial charge in [0.25, 0.3) is 0 Å². The van der Waals surface area contributed by atoms with Crippen LogP contribution in [0.1, 0.15) is 13.8 Å². The summed E-state index contributed by atoms with van der Waals surface area (Å²) in [7, 11) is 3.21. The lowest BCUT2D eigenvalue weighted by molar-refractivity contribution is 0.175. The molecular formula is C13H21NO3. The van der Waals surface area contributed by atoms with Gasteiger partial charge in [-0.15, -0.1) is 0 Å². The molecule has 0 bridgehead atoms. The first-order valence-electron chi connectivity index (χ1n) is 5.58. The van der Waals surface area contributed by atoms with Crippen LogP contribution in [-0.2, 0) is 0 Å². The zero-order valence-electron chi connectivity index (χ0n) is 10.9. The van der Waals surface area contributed by atoms with Crippen molar-refractivity contribution in [3.63, 3.8) is 0 Å². The first-order valence-corrected chi connectivity index (χ1v) is 5.58. The maximum atomic E-state index is 5.78. The van der Waals surface area contributed by atoms with Crippen LogP contribution in [-0.4, -0.2) is 27.4 Å². The molecule has 4 heteroatoms. The van der Waals surface area contributed by atoms with Gasteiger partial charge in [0.2, 0.25) is 5.75 Å². The van der Waals surface area contributed by atoms with Gasteiger partial charge < -0.3 is 19.9 Å². The molecule has 1 aromatic rings. The molecule has 0 aliphatic rings. The van der Waals surface area contributed by atoms with E-state index >= 15 is 0 Å². The van der Waals surface area contributed by atoms with Crippen LogP contribution in [0.2, 0.25) is 0 Å². The van der Waals surface area contributed by atoms with Gasteiger partial charge in [0, 0.05) is 12.0 Å². The predicted molar refractivity (Wildman–Crippen MR) is 67.9 cm³/mol. The maximum absolute atomic E-state index is 5.78. The molecular weight excluding hydrogens is 218 g/mol. The third kappa shape index (κ3) is 3.53. The molecule has 0 aliphatic heterocycles. The second-order valence-electron chi connectivity index (χ2n) is 4.65. The summed E-state index contributed by atoms with van der Waals surface area (Å²) in [6, 6.07) is 5.54. The van der Waals surface area contributed by atoms with Gasteiger partial charge in [-0.05, 0) is 12.1 Å². The monoisotopic (exact) mass is 239 g/mol. The van der Waals surface area contributed by atoms with Crippen molar-refractivity contribution < 1.29 is 14.2 Å². The van der Waals surface area contributed by atoms with Gasteiger partial charge in [0.05, 0.1) is 20.8 Å². The van der Waals surface area contributed by atoms with Crippen molar-refractivity contribution in [3.05, 3.63) is 18.2 Å². The Bertz CT molecular complexity index is 341. The number of rotatable bonds is 6. The predicted octanol–water partition coefficient (Wildman–Crippen LogP) is 2.07. The van der Waals surface area contributed by atoms with Crippen LogP contribution in [0.4, 0.5) is 0 Å². The lowest BCUT2D eigenvalue weighted by Crippen LogP contribution is -2.30. The number of hydrogen-bond acceptors (Lipinski definition) is 4. The SMILES string of the molecule is COc1cccc(OC)c1OCC(C)(C)CN. The van der Waals surface area contributed by atoms with Gasteiger partial charge in [-0.25, -0.2) is 0 Å². The molecule has 0 aromatic heterocycles. The first-order chi connectivity index (χ1) is 8.04. The van der Waals surface area contributed by atoms with Crippen molar-refractivity contribution in [3.8, 4) is 17.2 Å². The Hall–Kier alpha value is -1.42. The van der Waals surface area contributed by atoms with Crippen LogP contribution in [0, 0.1) is 5.41 Å². The average Bonchev–Trinajstić information content (AvgIpc) is 2.35. The van der Waals surface area contributed by atoms with Crippen molar-refractivity contribution in [1.29, 1.82) is 0 Å². The Balaban J connectivity index is 2.88. The quantitative estimate of drug-likeness (QED) is 0.825. The van der Waals surface area contributed by atoms with E-state index in [1.54, 1.807) is 14.2 Å². The largest absolute Gasteiger partial charge is 0.493 e. The Morgan fingerprint density at radius 3 is 2.06 bits per heavy atom. The molecule has 0 saturated carbocycles. The van der Waals surface area contributed by atoms with E-state index in [-0.39, 0.29) is 5.41 Å². The summed E-state index contributed by atoms with van der Waals surface area (Å²) in [4.78, 5) is 0. The Morgan fingerprint density at radius 2 is 1.65 bits per heavy atom. The van der Waals surface area contributed by atoms with E-state index in [2.05, 4.69) is 13.8 Å². The topological polar surface area (TPSA) is 53.7 Å². The second-order valence-corrected chi connectivity index (χ2v) is 4.65. The molecule has 96 valence electrons. The Kier molecular flexibility index (Phi) is 4.63. The van der Waals surface area contributed by atoms with E-state index in [1.165, 1.54) is 0 Å². The zero-order chi connectivity index (χ0) is 12.9. The highest BCUT2D eigenvalue weighted by Gasteiger charge is 2.19. The van der Waals surface area contributed by atoms with E-state index in [9.17, 15) is 0 Å². The lowest BCUT2D eigenvalue weighted by atomic mass is 9.95. The summed E-state index contributed by atoms with van der Waals surface area (Å²) < 4.78 is 16.3. The fourth-order valence-corrected chi connectivity index (χ4v) is 1.29. The molecule has 0 aliphatic carbocycles. The Labute approximate surface area is 103 Å². The molecule has 0 spiro atoms. The summed E-state index contributed by atoms with van der Waals surface area (Å²) >= 11 is 0. The molecule has 1 rings (SSSR count). The van der Waals surface area contributed by atoms with Gasteiger partial charge in [-0.3, -0.25) is 0 Å². The summed E-state index contributed by atoms with van der Waals surface area (Å²) in [6.07, 6.45) is 0. The summed E-state index contributed by atoms with van der Waals surface area (Å²) in [5, 5.41) is 0. The van der Waals surface area contributed by atoms with Crippen LogP contribution < -0.4 is 19.9 Å². The van der Waals surface area contributed by atoms with Crippen molar-refractivity contribution in [2.45, 2.75) is 13.8 Å². The van der Waals surface area contributed by atoms with Gasteiger partial charge in [-0.2, -0.15) is 0 Å². The molecule has 1 aromatic carbocycles. The summed E-state index contributed by atoms with van der Waals surface area (Å²) in [6.45, 7) is 5.18. The van der Waals surface area contributed by atoms with Crippen LogP contribution in [0.25, 0.3) is 0 Å². The van der Waals surface area contributed by atoms with E-state index in [0.717, 1.165) is 0 Å². The third-order valence-corrected chi connectivity index (χ3v) is 2.54. The molecule has 0 amide bonds. The smallest absolute Gasteiger partial charge is 0.203 e. The normalized spacial score (nSPS) is 11.1. The molecule has 0 fully saturated rings. The van der Waals surface area contributed by atoms with Gasteiger partial charge in [0.1, 0.15) is 0 Å². The molecule has 0 atom stereocenters. The average molecular weight is 239 g/mol. The fourth-order valence-electron chi connectivity index (χ4n) is 1.29. The standard InChI is InChI=1S/C13H21NO3/c1-13(2,8-14)9-17-12-10(15-3)6-5-7-11(12)16-4/h5-7H,8-9,14H2,1-4H3. The van der Waals surface area contributed by atoms with Crippen LogP contribution in [0.3, 0.4) is 0 Å². The minimum absolute atomic E-state index is 0.0775. The highest BCUT2D eigenvalue weighted by Crippen LogP contribution is 2.37. The van der Waals surface area contributed by atoms with Crippen molar-refractivity contribution in [2.24, 2.45) is 11.1 Å². The molecule has 0 saturated heterocycles. The van der Waals surface area contributed by atoms with Crippen molar-refractivity contribution >= 4 is 0 Å². The van der Waals surface area contributed by atoms with Gasteiger partial charge in [0.15, 0.2) is 11.5 Å². The lowest BCUT2D eigenvalue weighted by Gasteiger charge is -2.23. The number of hydrogen-bond donors (Lipinski definition) is 1. The van der Waals surface area contributed by atoms with Crippen molar-refractivity contribution in [2.75, 3.05) is 27.4 Å². The van der Waals surface area contributed by atoms with Gasteiger partial charge >= 0.3 is 0 Å². The minimum Gasteiger partial charge on any atom is -0.493 e. The number of benzene rings is 1. The van der Waals surface area contributed by atoms with Crippen LogP contribution >= 0.6 is 0 Å². The zero-order valence-corrected chi connectivity index (χ0v) is 10.9. The van der Waals surface area contributed by atoms with Gasteiger partial charge in [-0.1, -0.05) is 19.9 Å². The van der Waals surface area contributed by atoms with E-state index < -0.39 is 0 Å². The second kappa shape index (κ2) is 5.77. The number of ether oxygens (including phenoxy) is 3. The molecule has 4 nitrogen and oxygen atoms in total. The van der Waals surface area contributed by atoms with E-state index in [0.29, 0.717) is 30.4 Å². The van der Waals surface area contributed by atoms with E-state index in [1.807, 2.05) is 18.2 Å². The van der Waals surface area contributed by atoms with Crippen molar-refractivity contribution in [1.82, 2.24) is 0 Å².